The molecule has 0 saturated heterocycles. The Morgan fingerprint density at radius 3 is 2.00 bits per heavy atom. The van der Waals surface area contributed by atoms with Crippen molar-refractivity contribution < 1.29 is 18.4 Å². The van der Waals surface area contributed by atoms with E-state index in [-0.39, 0.29) is 21.3 Å². The van der Waals surface area contributed by atoms with Gasteiger partial charge in [-0.15, -0.1) is 0 Å². The maximum absolute atomic E-state index is 13.4. The number of oxime groups is 1. The first-order valence-electron chi connectivity index (χ1n) is 6.44. The van der Waals surface area contributed by atoms with Crippen molar-refractivity contribution in [1.82, 2.24) is 0 Å². The van der Waals surface area contributed by atoms with Crippen molar-refractivity contribution >= 4 is 50.4 Å². The highest BCUT2D eigenvalue weighted by Crippen LogP contribution is 2.36. The molecule has 0 radical (unpaired) electrons. The second kappa shape index (κ2) is 7.59. The Hall–Kier alpha value is -1.50. The Labute approximate surface area is 154 Å². The van der Waals surface area contributed by atoms with Crippen LogP contribution in [0.25, 0.3) is 5.57 Å². The number of nitrogens with zero attached hydrogens (tertiary/aromatic N) is 1. The van der Waals surface area contributed by atoms with E-state index in [2.05, 4.69) is 21.1 Å². The summed E-state index contributed by atoms with van der Waals surface area (Å²) < 4.78 is 41.1. The Balaban J connectivity index is 2.58. The van der Waals surface area contributed by atoms with Crippen LogP contribution in [0.15, 0.2) is 58.2 Å². The third-order valence-electron chi connectivity index (χ3n) is 3.01. The molecule has 2 aromatic carbocycles. The normalized spacial score (nSPS) is 13.2. The van der Waals surface area contributed by atoms with Gasteiger partial charge in [0.25, 0.3) is 0 Å². The molecule has 0 aliphatic carbocycles. The molecule has 126 valence electrons. The summed E-state index contributed by atoms with van der Waals surface area (Å²) in [6, 6.07) is 9.90. The van der Waals surface area contributed by atoms with E-state index < -0.39 is 11.7 Å². The average Bonchev–Trinajstić information content (AvgIpc) is 2.47. The minimum atomic E-state index is -4.70. The first-order valence-corrected chi connectivity index (χ1v) is 7.99. The fraction of sp³-hybridized carbons (Fsp3) is 0.0625. The van der Waals surface area contributed by atoms with Crippen LogP contribution in [0.4, 0.5) is 13.2 Å². The van der Waals surface area contributed by atoms with Gasteiger partial charge in [0.05, 0.1) is 5.57 Å². The largest absolute Gasteiger partial charge is 0.417 e. The van der Waals surface area contributed by atoms with E-state index in [1.165, 1.54) is 18.2 Å². The summed E-state index contributed by atoms with van der Waals surface area (Å²) in [6.45, 7) is 0. The molecule has 0 unspecified atom stereocenters. The summed E-state index contributed by atoms with van der Waals surface area (Å²) >= 11 is 14.8. The molecule has 0 aliphatic heterocycles. The smallest absolute Gasteiger partial charge is 0.410 e. The van der Waals surface area contributed by atoms with Crippen LogP contribution in [0.3, 0.4) is 0 Å². The van der Waals surface area contributed by atoms with Gasteiger partial charge in [0, 0.05) is 20.1 Å². The predicted molar refractivity (Wildman–Crippen MR) is 93.0 cm³/mol. The number of hydrogen-bond donors (Lipinski definition) is 1. The zero-order valence-electron chi connectivity index (χ0n) is 11.8. The van der Waals surface area contributed by atoms with Gasteiger partial charge < -0.3 is 5.21 Å². The number of alkyl halides is 3. The molecule has 0 fully saturated rings. The molecule has 0 saturated carbocycles. The Bertz CT molecular complexity index is 782. The van der Waals surface area contributed by atoms with Crippen molar-refractivity contribution in [1.29, 1.82) is 0 Å². The van der Waals surface area contributed by atoms with Crippen LogP contribution in [0.5, 0.6) is 0 Å². The fourth-order valence-electron chi connectivity index (χ4n) is 1.97. The fourth-order valence-corrected chi connectivity index (χ4v) is 2.76. The Morgan fingerprint density at radius 2 is 1.54 bits per heavy atom. The van der Waals surface area contributed by atoms with E-state index in [9.17, 15) is 13.2 Å². The monoisotopic (exact) mass is 437 g/mol. The number of allylic oxidation sites excluding steroid dienone is 2. The SMILES string of the molecule is ON=C(C=C(c1cc(Cl)cc(Cl)c1)C(F)(F)F)c1ccc(Br)cc1. The van der Waals surface area contributed by atoms with Crippen molar-refractivity contribution in [3.63, 3.8) is 0 Å². The molecule has 1 N–H and O–H groups in total. The maximum Gasteiger partial charge on any atom is 0.417 e. The lowest BCUT2D eigenvalue weighted by atomic mass is 10.0. The molecule has 2 rings (SSSR count). The number of halogens is 6. The Kier molecular flexibility index (Phi) is 5.96. The van der Waals surface area contributed by atoms with Crippen LogP contribution >= 0.6 is 39.1 Å². The van der Waals surface area contributed by atoms with E-state index in [4.69, 9.17) is 28.4 Å². The van der Waals surface area contributed by atoms with Crippen molar-refractivity contribution in [3.05, 3.63) is 74.2 Å². The summed E-state index contributed by atoms with van der Waals surface area (Å²) in [7, 11) is 0. The quantitative estimate of drug-likeness (QED) is 0.327. The van der Waals surface area contributed by atoms with Crippen LogP contribution in [-0.4, -0.2) is 17.1 Å². The molecule has 24 heavy (non-hydrogen) atoms. The third-order valence-corrected chi connectivity index (χ3v) is 3.97. The van der Waals surface area contributed by atoms with Gasteiger partial charge in [-0.3, -0.25) is 0 Å². The highest BCUT2D eigenvalue weighted by Gasteiger charge is 2.35. The number of rotatable bonds is 3. The third kappa shape index (κ3) is 4.75. The van der Waals surface area contributed by atoms with Gasteiger partial charge in [-0.1, -0.05) is 56.4 Å². The van der Waals surface area contributed by atoms with E-state index >= 15 is 0 Å². The van der Waals surface area contributed by atoms with Crippen LogP contribution in [0, 0.1) is 0 Å². The lowest BCUT2D eigenvalue weighted by Crippen LogP contribution is -2.13. The minimum Gasteiger partial charge on any atom is -0.410 e. The number of hydrogen-bond acceptors (Lipinski definition) is 2. The van der Waals surface area contributed by atoms with Crippen molar-refractivity contribution in [2.45, 2.75) is 6.18 Å². The lowest BCUT2D eigenvalue weighted by molar-refractivity contribution is -0.0688. The van der Waals surface area contributed by atoms with Gasteiger partial charge >= 0.3 is 6.18 Å². The van der Waals surface area contributed by atoms with Gasteiger partial charge in [0.2, 0.25) is 0 Å². The molecule has 0 aromatic heterocycles. The predicted octanol–water partition coefficient (Wildman–Crippen LogP) is 6.58. The van der Waals surface area contributed by atoms with E-state index in [1.807, 2.05) is 0 Å². The number of benzene rings is 2. The molecule has 0 amide bonds. The zero-order valence-corrected chi connectivity index (χ0v) is 14.9. The second-order valence-corrected chi connectivity index (χ2v) is 6.49. The minimum absolute atomic E-state index is 0.0683. The summed E-state index contributed by atoms with van der Waals surface area (Å²) in [5, 5.41) is 12.2. The van der Waals surface area contributed by atoms with Crippen LogP contribution in [-0.2, 0) is 0 Å². The topological polar surface area (TPSA) is 32.6 Å². The van der Waals surface area contributed by atoms with E-state index in [0.717, 1.165) is 22.7 Å². The van der Waals surface area contributed by atoms with Crippen molar-refractivity contribution in [3.8, 4) is 0 Å². The molecular formula is C16H9BrCl2F3NO. The molecule has 0 bridgehead atoms. The summed E-state index contributed by atoms with van der Waals surface area (Å²) in [5.74, 6) is 0. The molecule has 8 heteroatoms. The van der Waals surface area contributed by atoms with Crippen molar-refractivity contribution in [2.24, 2.45) is 5.16 Å². The van der Waals surface area contributed by atoms with Gasteiger partial charge in [0.15, 0.2) is 0 Å². The van der Waals surface area contributed by atoms with Crippen molar-refractivity contribution in [2.75, 3.05) is 0 Å². The van der Waals surface area contributed by atoms with Gasteiger partial charge in [-0.2, -0.15) is 13.2 Å². The lowest BCUT2D eigenvalue weighted by Gasteiger charge is -2.13. The van der Waals surface area contributed by atoms with Crippen LogP contribution in [0.2, 0.25) is 10.0 Å². The highest BCUT2D eigenvalue weighted by atomic mass is 79.9. The highest BCUT2D eigenvalue weighted by molar-refractivity contribution is 9.10. The maximum atomic E-state index is 13.4. The molecule has 0 spiro atoms. The molecule has 2 aromatic rings. The zero-order chi connectivity index (χ0) is 17.9. The molecule has 2 nitrogen and oxygen atoms in total. The van der Waals surface area contributed by atoms with Gasteiger partial charge in [-0.05, 0) is 42.0 Å². The summed E-state index contributed by atoms with van der Waals surface area (Å²) in [6.07, 6.45) is -3.95. The first kappa shape index (κ1) is 18.8. The summed E-state index contributed by atoms with van der Waals surface area (Å²) in [4.78, 5) is 0. The van der Waals surface area contributed by atoms with E-state index in [0.29, 0.717) is 5.56 Å². The molecule has 0 heterocycles. The van der Waals surface area contributed by atoms with Gasteiger partial charge in [0.1, 0.15) is 5.71 Å². The van der Waals surface area contributed by atoms with Gasteiger partial charge in [-0.25, -0.2) is 0 Å². The average molecular weight is 439 g/mol. The molecule has 0 atom stereocenters. The van der Waals surface area contributed by atoms with Crippen LogP contribution < -0.4 is 0 Å². The molecule has 0 aliphatic rings. The second-order valence-electron chi connectivity index (χ2n) is 4.71. The standard InChI is InChI=1S/C16H9BrCl2F3NO/c17-11-3-1-9(2-4-11)15(23-24)8-14(16(20,21)22)10-5-12(18)7-13(19)6-10/h1-8,24H. The first-order chi connectivity index (χ1) is 11.2. The molecular weight excluding hydrogens is 430 g/mol. The van der Waals surface area contributed by atoms with E-state index in [1.54, 1.807) is 12.1 Å². The summed E-state index contributed by atoms with van der Waals surface area (Å²) in [5.41, 5.74) is -1.18. The van der Waals surface area contributed by atoms with Crippen LogP contribution in [0.1, 0.15) is 11.1 Å². The Morgan fingerprint density at radius 1 is 1.00 bits per heavy atom.